The van der Waals surface area contributed by atoms with Gasteiger partial charge >= 0.3 is 12.2 Å². The van der Waals surface area contributed by atoms with Gasteiger partial charge in [0, 0.05) is 28.5 Å². The van der Waals surface area contributed by atoms with E-state index in [1.807, 2.05) is 39.0 Å². The molecule has 0 amide bonds. The third kappa shape index (κ3) is 6.89. The van der Waals surface area contributed by atoms with Gasteiger partial charge in [-0.25, -0.2) is 19.6 Å². The van der Waals surface area contributed by atoms with Crippen LogP contribution in [0.5, 0.6) is 0 Å². The maximum Gasteiger partial charge on any atom is 0.437 e. The van der Waals surface area contributed by atoms with Crippen molar-refractivity contribution in [3.63, 3.8) is 0 Å². The maximum absolute atomic E-state index is 12.0. The number of alkyl halides is 1. The average molecular weight is 570 g/mol. The first kappa shape index (κ1) is 27.7. The predicted molar refractivity (Wildman–Crippen MR) is 140 cm³/mol. The molecular weight excluding hydrogens is 542 g/mol. The first-order valence-corrected chi connectivity index (χ1v) is 12.5. The first-order chi connectivity index (χ1) is 17.3. The molecule has 0 spiro atoms. The largest absolute Gasteiger partial charge is 0.442 e. The molecule has 4 aromatic rings. The number of hydrogen-bond acceptors (Lipinski definition) is 9. The normalized spacial score (nSPS) is 11.5. The Balaban J connectivity index is 0.000000206. The Morgan fingerprint density at radius 2 is 1.30 bits per heavy atom. The molecule has 11 nitrogen and oxygen atoms in total. The summed E-state index contributed by atoms with van der Waals surface area (Å²) in [5.41, 5.74) is 1.04. The molecule has 0 aliphatic heterocycles. The van der Waals surface area contributed by atoms with E-state index in [0.717, 1.165) is 15.8 Å². The zero-order valence-corrected chi connectivity index (χ0v) is 23.1. The quantitative estimate of drug-likeness (QED) is 0.290. The molecule has 4 heterocycles. The summed E-state index contributed by atoms with van der Waals surface area (Å²) < 4.78 is 12.9. The number of pyridine rings is 2. The number of carbonyl (C=O) groups is 2. The second-order valence-corrected chi connectivity index (χ2v) is 10.5. The van der Waals surface area contributed by atoms with E-state index < -0.39 is 23.4 Å². The second-order valence-electron chi connectivity index (χ2n) is 9.90. The van der Waals surface area contributed by atoms with Crippen molar-refractivity contribution in [2.75, 3.05) is 0 Å². The fourth-order valence-electron chi connectivity index (χ4n) is 3.19. The van der Waals surface area contributed by atoms with Gasteiger partial charge in [0.15, 0.2) is 11.3 Å². The predicted octanol–water partition coefficient (Wildman–Crippen LogP) is 5.39. The van der Waals surface area contributed by atoms with Crippen molar-refractivity contribution in [2.24, 2.45) is 0 Å². The van der Waals surface area contributed by atoms with E-state index >= 15 is 0 Å². The number of hydrogen-bond donors (Lipinski definition) is 0. The molecule has 0 saturated carbocycles. The summed E-state index contributed by atoms with van der Waals surface area (Å²) in [7, 11) is 0. The Hall–Kier alpha value is -3.85. The molecule has 37 heavy (non-hydrogen) atoms. The summed E-state index contributed by atoms with van der Waals surface area (Å²) >= 11 is 3.35. The van der Waals surface area contributed by atoms with Crippen LogP contribution < -0.4 is 0 Å². The van der Waals surface area contributed by atoms with Gasteiger partial charge in [0.2, 0.25) is 0 Å². The lowest BCUT2D eigenvalue weighted by molar-refractivity contribution is 0.0510. The summed E-state index contributed by atoms with van der Waals surface area (Å²) in [6.07, 6.45) is 2.21. The number of aromatic nitrogens is 6. The van der Waals surface area contributed by atoms with Crippen molar-refractivity contribution < 1.29 is 19.1 Å². The molecule has 0 aromatic carbocycles. The highest BCUT2D eigenvalue weighted by Crippen LogP contribution is 2.20. The number of fused-ring (bicyclic) bond motifs is 2. The fraction of sp³-hybridized carbons (Fsp3) is 0.400. The van der Waals surface area contributed by atoms with Crippen LogP contribution in [-0.2, 0) is 21.2 Å². The average Bonchev–Trinajstić information content (AvgIpc) is 3.37. The van der Waals surface area contributed by atoms with Crippen LogP contribution in [0.1, 0.15) is 52.9 Å². The van der Waals surface area contributed by atoms with Gasteiger partial charge in [-0.3, -0.25) is 0 Å². The highest BCUT2D eigenvalue weighted by Gasteiger charge is 2.23. The first-order valence-electron chi connectivity index (χ1n) is 11.4. The monoisotopic (exact) mass is 569 g/mol. The zero-order valence-electron chi connectivity index (χ0n) is 21.5. The summed E-state index contributed by atoms with van der Waals surface area (Å²) in [5.74, 6) is 0. The summed E-state index contributed by atoms with van der Waals surface area (Å²) in [6, 6.07) is 9.24. The van der Waals surface area contributed by atoms with Gasteiger partial charge in [-0.1, -0.05) is 15.9 Å². The number of rotatable bonds is 2. The van der Waals surface area contributed by atoms with E-state index in [2.05, 4.69) is 36.1 Å². The molecule has 0 aliphatic carbocycles. The van der Waals surface area contributed by atoms with Crippen molar-refractivity contribution >= 4 is 50.2 Å². The van der Waals surface area contributed by atoms with Gasteiger partial charge in [-0.15, -0.1) is 9.36 Å². The SMILES string of the molecule is CC(C)(C)OC(=O)n1nc(CBr)c2cccnc21.CC(C)(C)OC(=O)n1nc(CC#N)c2cccnc21. The molecule has 12 heteroatoms. The van der Waals surface area contributed by atoms with Gasteiger partial charge in [-0.2, -0.15) is 15.5 Å². The van der Waals surface area contributed by atoms with Crippen LogP contribution in [0.15, 0.2) is 36.7 Å². The molecule has 0 N–H and O–H groups in total. The minimum atomic E-state index is -0.612. The molecule has 0 unspecified atom stereocenters. The van der Waals surface area contributed by atoms with E-state index in [1.165, 1.54) is 4.68 Å². The van der Waals surface area contributed by atoms with Crippen LogP contribution in [0.2, 0.25) is 0 Å². The van der Waals surface area contributed by atoms with Gasteiger partial charge in [0.1, 0.15) is 11.2 Å². The van der Waals surface area contributed by atoms with Crippen LogP contribution in [-0.4, -0.2) is 52.9 Å². The standard InChI is InChI=1S/C13H14N4O2.C12H14BrN3O2/c1-13(2,3)19-12(18)17-11-9(5-4-8-15-11)10(16-17)6-7-14;1-12(2,3)18-11(17)16-10-8(5-4-6-14-10)9(7-13)15-16/h4-5,8H,6H2,1-3H3;4-6H,7H2,1-3H3. The van der Waals surface area contributed by atoms with Gasteiger partial charge in [0.25, 0.3) is 0 Å². The number of ether oxygens (including phenoxy) is 2. The minimum Gasteiger partial charge on any atom is -0.442 e. The van der Waals surface area contributed by atoms with Gasteiger partial charge < -0.3 is 9.47 Å². The summed E-state index contributed by atoms with van der Waals surface area (Å²) in [6.45, 7) is 10.8. The maximum atomic E-state index is 12.0. The Bertz CT molecular complexity index is 1470. The topological polar surface area (TPSA) is 138 Å². The van der Waals surface area contributed by atoms with Crippen LogP contribution in [0, 0.1) is 11.3 Å². The molecule has 4 rings (SSSR count). The molecule has 0 aliphatic rings. The molecule has 4 aromatic heterocycles. The van der Waals surface area contributed by atoms with Gasteiger partial charge in [-0.05, 0) is 65.8 Å². The van der Waals surface area contributed by atoms with Crippen molar-refractivity contribution in [3.05, 3.63) is 48.0 Å². The smallest absolute Gasteiger partial charge is 0.437 e. The highest BCUT2D eigenvalue weighted by molar-refractivity contribution is 9.08. The lowest BCUT2D eigenvalue weighted by Crippen LogP contribution is -2.28. The molecule has 0 bridgehead atoms. The summed E-state index contributed by atoms with van der Waals surface area (Å²) in [5, 5.41) is 19.2. The minimum absolute atomic E-state index is 0.123. The fourth-order valence-corrected chi connectivity index (χ4v) is 3.61. The van der Waals surface area contributed by atoms with Crippen LogP contribution in [0.25, 0.3) is 22.1 Å². The van der Waals surface area contributed by atoms with Crippen molar-refractivity contribution in [1.82, 2.24) is 29.5 Å². The summed E-state index contributed by atoms with van der Waals surface area (Å²) in [4.78, 5) is 32.4. The Morgan fingerprint density at radius 3 is 1.70 bits per heavy atom. The Morgan fingerprint density at radius 1 is 0.865 bits per heavy atom. The van der Waals surface area contributed by atoms with Crippen molar-refractivity contribution in [2.45, 2.75) is 64.5 Å². The molecular formula is C25H28BrN7O4. The van der Waals surface area contributed by atoms with E-state index in [9.17, 15) is 9.59 Å². The molecule has 0 radical (unpaired) electrons. The Kier molecular flexibility index (Phi) is 8.28. The van der Waals surface area contributed by atoms with Crippen molar-refractivity contribution in [1.29, 1.82) is 5.26 Å². The number of carbonyl (C=O) groups excluding carboxylic acids is 2. The van der Waals surface area contributed by atoms with E-state index in [4.69, 9.17) is 14.7 Å². The third-order valence-electron chi connectivity index (χ3n) is 4.54. The Labute approximate surface area is 222 Å². The zero-order chi connectivity index (χ0) is 27.4. The van der Waals surface area contributed by atoms with Crippen molar-refractivity contribution in [3.8, 4) is 6.07 Å². The van der Waals surface area contributed by atoms with Gasteiger partial charge in [0.05, 0.1) is 23.9 Å². The molecule has 194 valence electrons. The lowest BCUT2D eigenvalue weighted by atomic mass is 10.2. The lowest BCUT2D eigenvalue weighted by Gasteiger charge is -2.18. The van der Waals surface area contributed by atoms with Crippen LogP contribution >= 0.6 is 15.9 Å². The van der Waals surface area contributed by atoms with E-state index in [0.29, 0.717) is 27.7 Å². The third-order valence-corrected chi connectivity index (χ3v) is 5.07. The molecule has 0 fully saturated rings. The van der Waals surface area contributed by atoms with Crippen LogP contribution in [0.4, 0.5) is 9.59 Å². The van der Waals surface area contributed by atoms with Crippen LogP contribution in [0.3, 0.4) is 0 Å². The number of halogens is 1. The molecule has 0 atom stereocenters. The second kappa shape index (κ2) is 11.0. The molecule has 0 saturated heterocycles. The number of nitriles is 1. The van der Waals surface area contributed by atoms with E-state index in [-0.39, 0.29) is 6.42 Å². The highest BCUT2D eigenvalue weighted by atomic mass is 79.9. The number of nitrogens with zero attached hydrogens (tertiary/aromatic N) is 7. The van der Waals surface area contributed by atoms with E-state index in [1.54, 1.807) is 45.3 Å².